The van der Waals surface area contributed by atoms with Gasteiger partial charge in [0.2, 0.25) is 5.91 Å². The van der Waals surface area contributed by atoms with Crippen molar-refractivity contribution in [3.63, 3.8) is 0 Å². The molecular formula is C13H26N2O2. The van der Waals surface area contributed by atoms with Gasteiger partial charge in [0.05, 0.1) is 18.2 Å². The molecule has 1 fully saturated rings. The molecule has 0 bridgehead atoms. The number of hydrogen-bond acceptors (Lipinski definition) is 3. The second-order valence-electron chi connectivity index (χ2n) is 6.57. The van der Waals surface area contributed by atoms with E-state index in [9.17, 15) is 4.79 Å². The van der Waals surface area contributed by atoms with Crippen molar-refractivity contribution in [2.45, 2.75) is 58.8 Å². The third-order valence-electron chi connectivity index (χ3n) is 2.69. The van der Waals surface area contributed by atoms with E-state index >= 15 is 0 Å². The Morgan fingerprint density at radius 1 is 1.47 bits per heavy atom. The molecule has 0 aromatic heterocycles. The summed E-state index contributed by atoms with van der Waals surface area (Å²) in [5, 5.41) is 3.23. The molecule has 0 radical (unpaired) electrons. The van der Waals surface area contributed by atoms with Gasteiger partial charge in [-0.05, 0) is 41.5 Å². The van der Waals surface area contributed by atoms with E-state index in [1.807, 2.05) is 25.7 Å². The van der Waals surface area contributed by atoms with Crippen LogP contribution in [0.3, 0.4) is 0 Å². The van der Waals surface area contributed by atoms with E-state index in [1.165, 1.54) is 0 Å². The second kappa shape index (κ2) is 4.94. The van der Waals surface area contributed by atoms with Crippen LogP contribution in [-0.2, 0) is 9.53 Å². The van der Waals surface area contributed by atoms with E-state index in [4.69, 9.17) is 4.74 Å². The average Bonchev–Trinajstić information content (AvgIpc) is 2.09. The molecule has 17 heavy (non-hydrogen) atoms. The maximum Gasteiger partial charge on any atom is 0.236 e. The van der Waals surface area contributed by atoms with Gasteiger partial charge in [-0.1, -0.05) is 0 Å². The smallest absolute Gasteiger partial charge is 0.236 e. The van der Waals surface area contributed by atoms with Gasteiger partial charge in [0.1, 0.15) is 0 Å². The Morgan fingerprint density at radius 3 is 2.53 bits per heavy atom. The molecule has 0 saturated carbocycles. The molecule has 1 amide bonds. The summed E-state index contributed by atoms with van der Waals surface area (Å²) >= 11 is 0. The van der Waals surface area contributed by atoms with Crippen LogP contribution >= 0.6 is 0 Å². The van der Waals surface area contributed by atoms with E-state index in [2.05, 4.69) is 26.1 Å². The molecule has 1 aliphatic rings. The van der Waals surface area contributed by atoms with Crippen molar-refractivity contribution < 1.29 is 9.53 Å². The monoisotopic (exact) mass is 242 g/mol. The maximum absolute atomic E-state index is 12.1. The Kier molecular flexibility index (Phi) is 4.20. The minimum Gasteiger partial charge on any atom is -0.369 e. The number of amides is 1. The summed E-state index contributed by atoms with van der Waals surface area (Å²) in [6.45, 7) is 14.0. The fourth-order valence-corrected chi connectivity index (χ4v) is 2.10. The highest BCUT2D eigenvalue weighted by molar-refractivity contribution is 5.78. The van der Waals surface area contributed by atoms with Gasteiger partial charge in [-0.25, -0.2) is 0 Å². The highest BCUT2D eigenvalue weighted by Crippen LogP contribution is 2.20. The van der Waals surface area contributed by atoms with Gasteiger partial charge in [-0.2, -0.15) is 0 Å². The van der Waals surface area contributed by atoms with Gasteiger partial charge in [-0.3, -0.25) is 4.79 Å². The number of carbonyl (C=O) groups is 1. The largest absolute Gasteiger partial charge is 0.369 e. The van der Waals surface area contributed by atoms with E-state index in [0.717, 1.165) is 0 Å². The first-order chi connectivity index (χ1) is 7.59. The Morgan fingerprint density at radius 2 is 2.06 bits per heavy atom. The van der Waals surface area contributed by atoms with Crippen LogP contribution in [0.1, 0.15) is 41.5 Å². The average molecular weight is 242 g/mol. The van der Waals surface area contributed by atoms with Gasteiger partial charge in [0.25, 0.3) is 0 Å². The second-order valence-corrected chi connectivity index (χ2v) is 6.57. The van der Waals surface area contributed by atoms with Crippen LogP contribution < -0.4 is 5.32 Å². The first-order valence-electron chi connectivity index (χ1n) is 6.30. The summed E-state index contributed by atoms with van der Waals surface area (Å²) in [6, 6.07) is 0. The minimum atomic E-state index is -0.241. The Hall–Kier alpha value is -0.610. The number of nitrogens with one attached hydrogen (secondary N) is 1. The molecule has 0 aromatic carbocycles. The third kappa shape index (κ3) is 5.04. The molecule has 0 aromatic rings. The summed E-state index contributed by atoms with van der Waals surface area (Å²) in [5.74, 6) is 0.156. The molecule has 4 nitrogen and oxygen atoms in total. The molecule has 1 rings (SSSR count). The Bertz CT molecular complexity index is 282. The van der Waals surface area contributed by atoms with E-state index in [0.29, 0.717) is 19.6 Å². The highest BCUT2D eigenvalue weighted by Gasteiger charge is 2.33. The summed E-state index contributed by atoms with van der Waals surface area (Å²) in [5.41, 5.74) is -0.266. The quantitative estimate of drug-likeness (QED) is 0.796. The molecule has 1 heterocycles. The van der Waals surface area contributed by atoms with Crippen molar-refractivity contribution in [3.05, 3.63) is 0 Å². The van der Waals surface area contributed by atoms with Crippen molar-refractivity contribution in [2.75, 3.05) is 19.6 Å². The molecular weight excluding hydrogens is 216 g/mol. The molecule has 0 aliphatic carbocycles. The highest BCUT2D eigenvalue weighted by atomic mass is 16.5. The Labute approximate surface area is 105 Å². The maximum atomic E-state index is 12.1. The molecule has 1 atom stereocenters. The van der Waals surface area contributed by atoms with E-state index in [-0.39, 0.29) is 23.2 Å². The van der Waals surface area contributed by atoms with Crippen LogP contribution in [0.5, 0.6) is 0 Å². The van der Waals surface area contributed by atoms with Gasteiger partial charge in [0.15, 0.2) is 0 Å². The Balaban J connectivity index is 2.52. The van der Waals surface area contributed by atoms with Crippen molar-refractivity contribution in [1.82, 2.24) is 10.2 Å². The van der Waals surface area contributed by atoms with Crippen LogP contribution in [-0.4, -0.2) is 47.7 Å². The standard InChI is InChI=1S/C13H26N2O2/c1-10-8-15(9-13(5,6)17-10)11(16)7-14-12(2,3)4/h10,14H,7-9H2,1-6H3. The van der Waals surface area contributed by atoms with Crippen LogP contribution in [0.4, 0.5) is 0 Å². The van der Waals surface area contributed by atoms with Crippen LogP contribution in [0.25, 0.3) is 0 Å². The van der Waals surface area contributed by atoms with Crippen LogP contribution in [0.15, 0.2) is 0 Å². The number of nitrogens with zero attached hydrogens (tertiary/aromatic N) is 1. The summed E-state index contributed by atoms with van der Waals surface area (Å²) in [4.78, 5) is 14.0. The summed E-state index contributed by atoms with van der Waals surface area (Å²) in [6.07, 6.45) is 0.109. The van der Waals surface area contributed by atoms with Crippen LogP contribution in [0.2, 0.25) is 0 Å². The van der Waals surface area contributed by atoms with Gasteiger partial charge in [-0.15, -0.1) is 0 Å². The molecule has 1 N–H and O–H groups in total. The third-order valence-corrected chi connectivity index (χ3v) is 2.69. The number of carbonyl (C=O) groups excluding carboxylic acids is 1. The fraction of sp³-hybridized carbons (Fsp3) is 0.923. The normalized spacial score (nSPS) is 24.8. The predicted octanol–water partition coefficient (Wildman–Crippen LogP) is 1.40. The summed E-state index contributed by atoms with van der Waals surface area (Å²) in [7, 11) is 0. The SMILES string of the molecule is CC1CN(C(=O)CNC(C)(C)C)CC(C)(C)O1. The molecule has 1 unspecified atom stereocenters. The molecule has 100 valence electrons. The lowest BCUT2D eigenvalue weighted by Gasteiger charge is -2.42. The van der Waals surface area contributed by atoms with Gasteiger partial charge >= 0.3 is 0 Å². The zero-order chi connectivity index (χ0) is 13.3. The first kappa shape index (κ1) is 14.5. The minimum absolute atomic E-state index is 0.0247. The molecule has 1 aliphatic heterocycles. The zero-order valence-corrected chi connectivity index (χ0v) is 12.0. The number of rotatable bonds is 2. The lowest BCUT2D eigenvalue weighted by atomic mass is 10.1. The van der Waals surface area contributed by atoms with Gasteiger partial charge in [0, 0.05) is 18.6 Å². The molecule has 4 heteroatoms. The molecule has 0 spiro atoms. The predicted molar refractivity (Wildman–Crippen MR) is 69.0 cm³/mol. The number of hydrogen-bond donors (Lipinski definition) is 1. The molecule has 1 saturated heterocycles. The van der Waals surface area contributed by atoms with Crippen molar-refractivity contribution >= 4 is 5.91 Å². The fourth-order valence-electron chi connectivity index (χ4n) is 2.10. The van der Waals surface area contributed by atoms with E-state index < -0.39 is 0 Å². The van der Waals surface area contributed by atoms with Crippen molar-refractivity contribution in [1.29, 1.82) is 0 Å². The number of ether oxygens (including phenoxy) is 1. The lowest BCUT2D eigenvalue weighted by Crippen LogP contribution is -2.56. The van der Waals surface area contributed by atoms with E-state index in [1.54, 1.807) is 0 Å². The topological polar surface area (TPSA) is 41.6 Å². The first-order valence-corrected chi connectivity index (χ1v) is 6.30. The van der Waals surface area contributed by atoms with Crippen LogP contribution in [0, 0.1) is 0 Å². The van der Waals surface area contributed by atoms with Crippen molar-refractivity contribution in [3.8, 4) is 0 Å². The zero-order valence-electron chi connectivity index (χ0n) is 12.0. The van der Waals surface area contributed by atoms with Crippen molar-refractivity contribution in [2.24, 2.45) is 0 Å². The lowest BCUT2D eigenvalue weighted by molar-refractivity contribution is -0.157. The van der Waals surface area contributed by atoms with Gasteiger partial charge < -0.3 is 15.0 Å². The number of morpholine rings is 1. The summed E-state index contributed by atoms with van der Waals surface area (Å²) < 4.78 is 5.79.